The lowest BCUT2D eigenvalue weighted by Gasteiger charge is -2.22. The largest absolute Gasteiger partial charge is 0.481 e. The average Bonchev–Trinajstić information content (AvgIpc) is 2.34. The Balaban J connectivity index is 4.37. The fourth-order valence-corrected chi connectivity index (χ4v) is 1.52. The van der Waals surface area contributed by atoms with E-state index in [0.29, 0.717) is 13.0 Å². The summed E-state index contributed by atoms with van der Waals surface area (Å²) in [5, 5.41) is 11.4. The molecule has 0 saturated heterocycles. The van der Waals surface area contributed by atoms with E-state index in [1.165, 1.54) is 4.90 Å². The van der Waals surface area contributed by atoms with Gasteiger partial charge in [-0.25, -0.2) is 4.79 Å². The van der Waals surface area contributed by atoms with Gasteiger partial charge >= 0.3 is 12.0 Å². The summed E-state index contributed by atoms with van der Waals surface area (Å²) in [6.45, 7) is 4.03. The normalized spacial score (nSPS) is 11.7. The summed E-state index contributed by atoms with van der Waals surface area (Å²) in [4.78, 5) is 34.9. The Morgan fingerprint density at radius 2 is 1.95 bits per heavy atom. The number of nitrogens with zero attached hydrogens (tertiary/aromatic N) is 1. The van der Waals surface area contributed by atoms with Crippen LogP contribution in [0, 0.1) is 5.92 Å². The highest BCUT2D eigenvalue weighted by Gasteiger charge is 2.19. The van der Waals surface area contributed by atoms with Gasteiger partial charge in [0.25, 0.3) is 0 Å². The number of hydrogen-bond donors (Lipinski definition) is 3. The van der Waals surface area contributed by atoms with E-state index in [9.17, 15) is 14.4 Å². The number of urea groups is 1. The Morgan fingerprint density at radius 1 is 1.32 bits per heavy atom. The summed E-state index contributed by atoms with van der Waals surface area (Å²) in [5.41, 5.74) is 5.08. The minimum Gasteiger partial charge on any atom is -0.481 e. The molecule has 0 aliphatic rings. The molecule has 0 rings (SSSR count). The Kier molecular flexibility index (Phi) is 8.32. The van der Waals surface area contributed by atoms with Crippen LogP contribution in [0.25, 0.3) is 0 Å². The average molecular weight is 273 g/mol. The minimum atomic E-state index is -0.946. The van der Waals surface area contributed by atoms with Crippen LogP contribution >= 0.6 is 0 Å². The molecule has 7 heteroatoms. The number of carboxylic acids is 1. The zero-order chi connectivity index (χ0) is 14.8. The molecule has 3 amide bonds. The van der Waals surface area contributed by atoms with Gasteiger partial charge in [0.2, 0.25) is 5.91 Å². The van der Waals surface area contributed by atoms with Gasteiger partial charge in [-0.3, -0.25) is 9.59 Å². The van der Waals surface area contributed by atoms with Crippen LogP contribution in [0.4, 0.5) is 4.79 Å². The lowest BCUT2D eigenvalue weighted by atomic mass is 10.1. The smallest absolute Gasteiger partial charge is 0.317 e. The molecule has 0 heterocycles. The number of amides is 3. The van der Waals surface area contributed by atoms with Gasteiger partial charge < -0.3 is 21.1 Å². The number of carboxylic acid groups (broad SMARTS) is 1. The highest BCUT2D eigenvalue weighted by molar-refractivity contribution is 5.83. The van der Waals surface area contributed by atoms with E-state index in [2.05, 4.69) is 5.32 Å². The molecule has 0 radical (unpaired) electrons. The first-order valence-electron chi connectivity index (χ1n) is 6.46. The van der Waals surface area contributed by atoms with Gasteiger partial charge in [0.1, 0.15) is 6.54 Å². The molecule has 0 aromatic rings. The fraction of sp³-hybridized carbons (Fsp3) is 0.750. The van der Waals surface area contributed by atoms with Crippen molar-refractivity contribution in [1.29, 1.82) is 0 Å². The molecule has 0 spiro atoms. The van der Waals surface area contributed by atoms with E-state index in [4.69, 9.17) is 10.8 Å². The van der Waals surface area contributed by atoms with Crippen molar-refractivity contribution in [2.45, 2.75) is 33.1 Å². The molecule has 110 valence electrons. The quantitative estimate of drug-likeness (QED) is 0.564. The Labute approximate surface area is 113 Å². The topological polar surface area (TPSA) is 113 Å². The molecule has 7 nitrogen and oxygen atoms in total. The second-order valence-electron chi connectivity index (χ2n) is 4.37. The second kappa shape index (κ2) is 9.18. The van der Waals surface area contributed by atoms with Crippen molar-refractivity contribution in [2.75, 3.05) is 19.6 Å². The number of unbranched alkanes of at least 4 members (excludes halogenated alkanes) is 1. The molecule has 4 N–H and O–H groups in total. The molecule has 1 atom stereocenters. The lowest BCUT2D eigenvalue weighted by molar-refractivity contribution is -0.141. The third-order valence-corrected chi connectivity index (χ3v) is 2.76. The van der Waals surface area contributed by atoms with Crippen molar-refractivity contribution in [3.63, 3.8) is 0 Å². The summed E-state index contributed by atoms with van der Waals surface area (Å²) in [7, 11) is 0. The zero-order valence-electron chi connectivity index (χ0n) is 11.5. The number of carbonyl (C=O) groups is 3. The highest BCUT2D eigenvalue weighted by Crippen LogP contribution is 2.02. The number of nitrogens with two attached hydrogens (primary N) is 1. The van der Waals surface area contributed by atoms with E-state index in [0.717, 1.165) is 12.8 Å². The zero-order valence-corrected chi connectivity index (χ0v) is 11.5. The summed E-state index contributed by atoms with van der Waals surface area (Å²) >= 11 is 0. The third-order valence-electron chi connectivity index (χ3n) is 2.76. The van der Waals surface area contributed by atoms with Crippen molar-refractivity contribution < 1.29 is 19.5 Å². The highest BCUT2D eigenvalue weighted by atomic mass is 16.4. The first-order valence-corrected chi connectivity index (χ1v) is 6.46. The van der Waals surface area contributed by atoms with Crippen LogP contribution in [0.15, 0.2) is 0 Å². The van der Waals surface area contributed by atoms with E-state index in [1.807, 2.05) is 6.92 Å². The van der Waals surface area contributed by atoms with Crippen LogP contribution in [0.1, 0.15) is 33.1 Å². The van der Waals surface area contributed by atoms with Gasteiger partial charge in [-0.1, -0.05) is 20.3 Å². The van der Waals surface area contributed by atoms with Gasteiger partial charge in [-0.05, 0) is 12.8 Å². The van der Waals surface area contributed by atoms with Crippen molar-refractivity contribution in [3.05, 3.63) is 0 Å². The van der Waals surface area contributed by atoms with E-state index in [1.54, 1.807) is 6.92 Å². The number of rotatable bonds is 9. The van der Waals surface area contributed by atoms with Crippen LogP contribution in [-0.2, 0) is 9.59 Å². The standard InChI is InChI=1S/C12H23N3O4/c1-3-5-6-15(8-10(13)16)12(19)14-7-9(4-2)11(17)18/h9H,3-8H2,1-2H3,(H2,13,16)(H,14,19)(H,17,18). The Hall–Kier alpha value is -1.79. The van der Waals surface area contributed by atoms with Crippen molar-refractivity contribution in [2.24, 2.45) is 11.7 Å². The third kappa shape index (κ3) is 7.28. The first-order chi connectivity index (χ1) is 8.92. The maximum Gasteiger partial charge on any atom is 0.317 e. The molecule has 0 aromatic carbocycles. The monoisotopic (exact) mass is 273 g/mol. The number of carbonyl (C=O) groups excluding carboxylic acids is 2. The number of aliphatic carboxylic acids is 1. The molecular weight excluding hydrogens is 250 g/mol. The summed E-state index contributed by atoms with van der Waals surface area (Å²) in [5.74, 6) is -2.15. The molecule has 0 aliphatic heterocycles. The summed E-state index contributed by atoms with van der Waals surface area (Å²) in [6, 6.07) is -0.452. The minimum absolute atomic E-state index is 0.0477. The summed E-state index contributed by atoms with van der Waals surface area (Å²) in [6.07, 6.45) is 2.08. The molecule has 19 heavy (non-hydrogen) atoms. The molecular formula is C12H23N3O4. The van der Waals surface area contributed by atoms with Crippen LogP contribution in [-0.4, -0.2) is 47.5 Å². The van der Waals surface area contributed by atoms with Gasteiger partial charge in [-0.2, -0.15) is 0 Å². The summed E-state index contributed by atoms with van der Waals surface area (Å²) < 4.78 is 0. The number of nitrogens with one attached hydrogen (secondary N) is 1. The van der Waals surface area contributed by atoms with Crippen molar-refractivity contribution in [3.8, 4) is 0 Å². The maximum atomic E-state index is 11.8. The predicted octanol–water partition coefficient (Wildman–Crippen LogP) is 0.394. The molecule has 1 unspecified atom stereocenters. The van der Waals surface area contributed by atoms with Crippen LogP contribution in [0.3, 0.4) is 0 Å². The lowest BCUT2D eigenvalue weighted by Crippen LogP contribution is -2.46. The van der Waals surface area contributed by atoms with Crippen LogP contribution in [0.5, 0.6) is 0 Å². The molecule has 0 bridgehead atoms. The van der Waals surface area contributed by atoms with Gasteiger partial charge in [0.05, 0.1) is 5.92 Å². The first kappa shape index (κ1) is 17.2. The van der Waals surface area contributed by atoms with Crippen LogP contribution in [0.2, 0.25) is 0 Å². The van der Waals surface area contributed by atoms with E-state index < -0.39 is 23.8 Å². The predicted molar refractivity (Wildman–Crippen MR) is 70.5 cm³/mol. The second-order valence-corrected chi connectivity index (χ2v) is 4.37. The van der Waals surface area contributed by atoms with E-state index >= 15 is 0 Å². The molecule has 0 aromatic heterocycles. The maximum absolute atomic E-state index is 11.8. The van der Waals surface area contributed by atoms with Crippen molar-refractivity contribution in [1.82, 2.24) is 10.2 Å². The number of primary amides is 1. The fourth-order valence-electron chi connectivity index (χ4n) is 1.52. The molecule has 0 fully saturated rings. The Morgan fingerprint density at radius 3 is 2.37 bits per heavy atom. The van der Waals surface area contributed by atoms with Crippen molar-refractivity contribution >= 4 is 17.9 Å². The molecule has 0 aliphatic carbocycles. The van der Waals surface area contributed by atoms with Gasteiger partial charge in [0, 0.05) is 13.1 Å². The molecule has 0 saturated carbocycles. The Bertz CT molecular complexity index is 320. The van der Waals surface area contributed by atoms with Gasteiger partial charge in [-0.15, -0.1) is 0 Å². The van der Waals surface area contributed by atoms with E-state index in [-0.39, 0.29) is 13.1 Å². The van der Waals surface area contributed by atoms with Crippen LogP contribution < -0.4 is 11.1 Å². The van der Waals surface area contributed by atoms with Gasteiger partial charge in [0.15, 0.2) is 0 Å². The number of hydrogen-bond acceptors (Lipinski definition) is 3. The SMILES string of the molecule is CCCCN(CC(N)=O)C(=O)NCC(CC)C(=O)O.